The van der Waals surface area contributed by atoms with Crippen LogP contribution in [0.3, 0.4) is 0 Å². The summed E-state index contributed by atoms with van der Waals surface area (Å²) in [5.41, 5.74) is 0.938. The molecule has 0 saturated carbocycles. The molecular weight excluding hydrogens is 357 g/mol. The molecule has 1 aliphatic rings. The number of anilines is 1. The molecule has 5 nitrogen and oxygen atoms in total. The molecule has 0 bridgehead atoms. The predicted molar refractivity (Wildman–Crippen MR) is 87.6 cm³/mol. The highest BCUT2D eigenvalue weighted by Crippen LogP contribution is 2.31. The van der Waals surface area contributed by atoms with Gasteiger partial charge in [0.05, 0.1) is 16.1 Å². The summed E-state index contributed by atoms with van der Waals surface area (Å²) in [5.74, 6) is -2.02. The topological polar surface area (TPSA) is 83.5 Å². The number of rotatable bonds is 4. The van der Waals surface area contributed by atoms with Gasteiger partial charge in [-0.15, -0.1) is 0 Å². The summed E-state index contributed by atoms with van der Waals surface area (Å²) >= 11 is 5.66. The number of fused-ring (bicyclic) bond motifs is 1. The lowest BCUT2D eigenvalue weighted by molar-refractivity contribution is 0.0696. The first kappa shape index (κ1) is 16.7. The van der Waals surface area contributed by atoms with Crippen molar-refractivity contribution in [2.75, 3.05) is 4.72 Å². The molecule has 0 radical (unpaired) electrons. The molecule has 8 heteroatoms. The fourth-order valence-corrected chi connectivity index (χ4v) is 4.36. The van der Waals surface area contributed by atoms with Crippen LogP contribution in [0.25, 0.3) is 0 Å². The second-order valence-electron chi connectivity index (χ2n) is 5.50. The summed E-state index contributed by atoms with van der Waals surface area (Å²) in [6.45, 7) is 0. The van der Waals surface area contributed by atoms with E-state index in [9.17, 15) is 22.7 Å². The molecule has 0 amide bonds. The van der Waals surface area contributed by atoms with Crippen molar-refractivity contribution in [2.45, 2.75) is 24.2 Å². The fourth-order valence-electron chi connectivity index (χ4n) is 2.80. The SMILES string of the molecule is O=C(O)c1cc2c(c(S(=O)(=O)Nc3ccc(Cl)cc3F)c1)CCC2. The van der Waals surface area contributed by atoms with Crippen LogP contribution in [0.1, 0.15) is 27.9 Å². The van der Waals surface area contributed by atoms with Crippen molar-refractivity contribution in [3.8, 4) is 0 Å². The number of carbonyl (C=O) groups is 1. The summed E-state index contributed by atoms with van der Waals surface area (Å²) in [5, 5.41) is 9.32. The first-order valence-electron chi connectivity index (χ1n) is 7.15. The van der Waals surface area contributed by atoms with Crippen molar-refractivity contribution in [1.29, 1.82) is 0 Å². The smallest absolute Gasteiger partial charge is 0.335 e. The Bertz CT molecular complexity index is 943. The van der Waals surface area contributed by atoms with Crippen LogP contribution in [0.15, 0.2) is 35.2 Å². The fraction of sp³-hybridized carbons (Fsp3) is 0.188. The number of aromatic carboxylic acids is 1. The average molecular weight is 370 g/mol. The zero-order valence-electron chi connectivity index (χ0n) is 12.3. The zero-order chi connectivity index (χ0) is 17.5. The first-order chi connectivity index (χ1) is 11.3. The van der Waals surface area contributed by atoms with E-state index in [1.165, 1.54) is 18.2 Å². The minimum Gasteiger partial charge on any atom is -0.478 e. The molecule has 2 aromatic carbocycles. The summed E-state index contributed by atoms with van der Waals surface area (Å²) in [6.07, 6.45) is 1.90. The third kappa shape index (κ3) is 3.09. The second kappa shape index (κ2) is 6.07. The van der Waals surface area contributed by atoms with E-state index in [4.69, 9.17) is 11.6 Å². The summed E-state index contributed by atoms with van der Waals surface area (Å²) < 4.78 is 41.4. The average Bonchev–Trinajstić information content (AvgIpc) is 2.97. The van der Waals surface area contributed by atoms with E-state index in [0.717, 1.165) is 18.6 Å². The van der Waals surface area contributed by atoms with Crippen LogP contribution in [0.5, 0.6) is 0 Å². The first-order valence-corrected chi connectivity index (χ1v) is 9.01. The van der Waals surface area contributed by atoms with E-state index in [0.29, 0.717) is 24.0 Å². The Labute approximate surface area is 143 Å². The van der Waals surface area contributed by atoms with Gasteiger partial charge in [-0.05, 0) is 60.7 Å². The molecule has 0 saturated heterocycles. The number of halogens is 2. The Balaban J connectivity index is 2.08. The number of sulfonamides is 1. The van der Waals surface area contributed by atoms with Gasteiger partial charge >= 0.3 is 5.97 Å². The summed E-state index contributed by atoms with van der Waals surface area (Å²) in [7, 11) is -4.13. The lowest BCUT2D eigenvalue weighted by Crippen LogP contribution is -2.17. The van der Waals surface area contributed by atoms with Crippen LogP contribution in [0, 0.1) is 5.82 Å². The van der Waals surface area contributed by atoms with Crippen molar-refractivity contribution in [2.24, 2.45) is 0 Å². The number of hydrogen-bond acceptors (Lipinski definition) is 3. The highest BCUT2D eigenvalue weighted by molar-refractivity contribution is 7.92. The number of hydrogen-bond donors (Lipinski definition) is 2. The molecule has 3 rings (SSSR count). The molecule has 2 N–H and O–H groups in total. The van der Waals surface area contributed by atoms with Gasteiger partial charge < -0.3 is 5.11 Å². The van der Waals surface area contributed by atoms with Crippen molar-refractivity contribution in [3.05, 3.63) is 57.9 Å². The van der Waals surface area contributed by atoms with Gasteiger partial charge in [0.1, 0.15) is 5.82 Å². The molecule has 0 spiro atoms. The van der Waals surface area contributed by atoms with Gasteiger partial charge in [-0.25, -0.2) is 17.6 Å². The van der Waals surface area contributed by atoms with E-state index in [2.05, 4.69) is 4.72 Å². The predicted octanol–water partition coefficient (Wildman–Crippen LogP) is 3.47. The minimum absolute atomic E-state index is 0.104. The quantitative estimate of drug-likeness (QED) is 0.864. The minimum atomic E-state index is -4.13. The van der Waals surface area contributed by atoms with Gasteiger partial charge in [0.15, 0.2) is 0 Å². The Morgan fingerprint density at radius 2 is 1.96 bits per heavy atom. The standard InChI is InChI=1S/C16H13ClFNO4S/c17-11-4-5-14(13(18)8-11)19-24(22,23)15-7-10(16(20)21)6-9-2-1-3-12(9)15/h4-8,19H,1-3H2,(H,20,21). The van der Waals surface area contributed by atoms with Crippen molar-refractivity contribution < 1.29 is 22.7 Å². The van der Waals surface area contributed by atoms with Gasteiger partial charge in [-0.2, -0.15) is 0 Å². The third-order valence-electron chi connectivity index (χ3n) is 3.89. The number of nitrogens with one attached hydrogen (secondary N) is 1. The Morgan fingerprint density at radius 1 is 1.21 bits per heavy atom. The number of benzene rings is 2. The zero-order valence-corrected chi connectivity index (χ0v) is 13.9. The van der Waals surface area contributed by atoms with Gasteiger partial charge in [0, 0.05) is 5.02 Å². The number of carboxylic acid groups (broad SMARTS) is 1. The maximum atomic E-state index is 13.9. The molecule has 0 aliphatic heterocycles. The van der Waals surface area contributed by atoms with Crippen LogP contribution >= 0.6 is 11.6 Å². The van der Waals surface area contributed by atoms with Crippen molar-refractivity contribution >= 4 is 33.3 Å². The lowest BCUT2D eigenvalue weighted by Gasteiger charge is -2.13. The van der Waals surface area contributed by atoms with E-state index in [1.54, 1.807) is 0 Å². The van der Waals surface area contributed by atoms with Crippen LogP contribution in [-0.2, 0) is 22.9 Å². The molecule has 0 aromatic heterocycles. The van der Waals surface area contributed by atoms with Gasteiger partial charge in [0.25, 0.3) is 10.0 Å². The molecule has 0 fully saturated rings. The second-order valence-corrected chi connectivity index (χ2v) is 7.59. The van der Waals surface area contributed by atoms with Gasteiger partial charge in [-0.1, -0.05) is 11.6 Å². The molecule has 126 valence electrons. The number of aryl methyl sites for hydroxylation is 1. The molecule has 0 unspecified atom stereocenters. The van der Waals surface area contributed by atoms with Gasteiger partial charge in [-0.3, -0.25) is 4.72 Å². The van der Waals surface area contributed by atoms with E-state index >= 15 is 0 Å². The van der Waals surface area contributed by atoms with Crippen LogP contribution in [0.4, 0.5) is 10.1 Å². The van der Waals surface area contributed by atoms with Crippen LogP contribution < -0.4 is 4.72 Å². The normalized spacial score (nSPS) is 13.6. The van der Waals surface area contributed by atoms with E-state index in [-0.39, 0.29) is 21.2 Å². The highest BCUT2D eigenvalue weighted by Gasteiger charge is 2.27. The molecule has 0 atom stereocenters. The van der Waals surface area contributed by atoms with Crippen LogP contribution in [-0.4, -0.2) is 19.5 Å². The Kier molecular flexibility index (Phi) is 4.23. The van der Waals surface area contributed by atoms with Crippen LogP contribution in [0.2, 0.25) is 5.02 Å². The Hall–Kier alpha value is -2.12. The maximum Gasteiger partial charge on any atom is 0.335 e. The molecule has 0 heterocycles. The lowest BCUT2D eigenvalue weighted by atomic mass is 10.1. The summed E-state index contributed by atoms with van der Waals surface area (Å²) in [6, 6.07) is 6.18. The largest absolute Gasteiger partial charge is 0.478 e. The molecular formula is C16H13ClFNO4S. The monoisotopic (exact) mass is 369 g/mol. The molecule has 24 heavy (non-hydrogen) atoms. The third-order valence-corrected chi connectivity index (χ3v) is 5.55. The Morgan fingerprint density at radius 3 is 2.62 bits per heavy atom. The highest BCUT2D eigenvalue weighted by atomic mass is 35.5. The maximum absolute atomic E-state index is 13.9. The summed E-state index contributed by atoms with van der Waals surface area (Å²) in [4.78, 5) is 11.1. The van der Waals surface area contributed by atoms with Gasteiger partial charge in [0.2, 0.25) is 0 Å². The van der Waals surface area contributed by atoms with E-state index < -0.39 is 21.8 Å². The van der Waals surface area contributed by atoms with Crippen molar-refractivity contribution in [3.63, 3.8) is 0 Å². The van der Waals surface area contributed by atoms with E-state index in [1.807, 2.05) is 0 Å². The molecule has 1 aliphatic carbocycles. The number of carboxylic acids is 1. The van der Waals surface area contributed by atoms with Crippen molar-refractivity contribution in [1.82, 2.24) is 0 Å². The molecule has 2 aromatic rings.